The Morgan fingerprint density at radius 1 is 1.50 bits per heavy atom. The van der Waals surface area contributed by atoms with Crippen molar-refractivity contribution >= 4 is 11.6 Å². The monoisotopic (exact) mass is 288 g/mol. The van der Waals surface area contributed by atoms with Gasteiger partial charge in [-0.15, -0.1) is 0 Å². The molecule has 1 N–H and O–H groups in total. The first-order chi connectivity index (χ1) is 9.38. The van der Waals surface area contributed by atoms with Gasteiger partial charge in [0.2, 0.25) is 5.82 Å². The van der Waals surface area contributed by atoms with Crippen LogP contribution in [0.3, 0.4) is 0 Å². The summed E-state index contributed by atoms with van der Waals surface area (Å²) in [6.07, 6.45) is 0. The summed E-state index contributed by atoms with van der Waals surface area (Å²) in [6.45, 7) is 3.94. The average molecular weight is 288 g/mol. The quantitative estimate of drug-likeness (QED) is 0.641. The van der Waals surface area contributed by atoms with Gasteiger partial charge in [0.05, 0.1) is 11.5 Å². The molecule has 6 nitrogen and oxygen atoms in total. The molecule has 20 heavy (non-hydrogen) atoms. The van der Waals surface area contributed by atoms with Gasteiger partial charge in [0.15, 0.2) is 0 Å². The molecular weight excluding hydrogens is 274 g/mol. The molecule has 0 aromatic heterocycles. The Labute approximate surface area is 113 Å². The second kappa shape index (κ2) is 6.90. The highest BCUT2D eigenvalue weighted by atomic mass is 19.1. The maximum absolute atomic E-state index is 13.8. The SMILES string of the molecule is CCOCC(C)NC(=O)c1c(F)ccc([N+](=O)[O-])c1F. The first-order valence-corrected chi connectivity index (χ1v) is 5.89. The summed E-state index contributed by atoms with van der Waals surface area (Å²) in [6, 6.07) is 0.870. The van der Waals surface area contributed by atoms with Crippen LogP contribution in [0.4, 0.5) is 14.5 Å². The molecule has 0 heterocycles. The van der Waals surface area contributed by atoms with E-state index < -0.39 is 39.8 Å². The minimum atomic E-state index is -1.49. The minimum Gasteiger partial charge on any atom is -0.380 e. The summed E-state index contributed by atoms with van der Waals surface area (Å²) in [7, 11) is 0. The van der Waals surface area contributed by atoms with Crippen molar-refractivity contribution in [2.75, 3.05) is 13.2 Å². The van der Waals surface area contributed by atoms with E-state index >= 15 is 0 Å². The summed E-state index contributed by atoms with van der Waals surface area (Å²) in [5, 5.41) is 12.9. The highest BCUT2D eigenvalue weighted by Crippen LogP contribution is 2.23. The number of halogens is 2. The van der Waals surface area contributed by atoms with E-state index in [4.69, 9.17) is 4.74 Å². The standard InChI is InChI=1S/C12H14F2N2O4/c1-3-20-6-7(2)15-12(17)10-8(13)4-5-9(11(10)14)16(18)19/h4-5,7H,3,6H2,1-2H3,(H,15,17). The zero-order valence-corrected chi connectivity index (χ0v) is 11.0. The number of hydrogen-bond acceptors (Lipinski definition) is 4. The van der Waals surface area contributed by atoms with Crippen molar-refractivity contribution in [3.8, 4) is 0 Å². The van der Waals surface area contributed by atoms with Crippen LogP contribution in [-0.4, -0.2) is 30.1 Å². The third kappa shape index (κ3) is 3.70. The molecule has 0 aliphatic rings. The second-order valence-electron chi connectivity index (χ2n) is 4.05. The molecule has 1 atom stereocenters. The predicted octanol–water partition coefficient (Wildman–Crippen LogP) is 2.03. The number of nitro groups is 1. The van der Waals surface area contributed by atoms with Gasteiger partial charge in [-0.1, -0.05) is 0 Å². The van der Waals surface area contributed by atoms with Gasteiger partial charge in [0.1, 0.15) is 11.4 Å². The number of rotatable bonds is 6. The molecule has 0 radical (unpaired) electrons. The van der Waals surface area contributed by atoms with Crippen molar-refractivity contribution in [3.63, 3.8) is 0 Å². The summed E-state index contributed by atoms with van der Waals surface area (Å²) in [4.78, 5) is 21.3. The number of amides is 1. The van der Waals surface area contributed by atoms with Gasteiger partial charge in [-0.3, -0.25) is 14.9 Å². The maximum Gasteiger partial charge on any atom is 0.305 e. The van der Waals surface area contributed by atoms with Gasteiger partial charge in [-0.25, -0.2) is 4.39 Å². The molecule has 0 saturated carbocycles. The average Bonchev–Trinajstić information content (AvgIpc) is 2.35. The number of ether oxygens (including phenoxy) is 1. The Hall–Kier alpha value is -2.09. The van der Waals surface area contributed by atoms with E-state index in [0.29, 0.717) is 18.7 Å². The molecule has 1 rings (SSSR count). The molecular formula is C12H14F2N2O4. The van der Waals surface area contributed by atoms with Gasteiger partial charge in [0, 0.05) is 18.7 Å². The number of nitrogens with zero attached hydrogens (tertiary/aromatic N) is 1. The van der Waals surface area contributed by atoms with Crippen LogP contribution in [0.1, 0.15) is 24.2 Å². The number of benzene rings is 1. The second-order valence-corrected chi connectivity index (χ2v) is 4.05. The Kier molecular flexibility index (Phi) is 5.51. The zero-order valence-electron chi connectivity index (χ0n) is 11.0. The molecule has 0 aliphatic heterocycles. The maximum atomic E-state index is 13.8. The predicted molar refractivity (Wildman–Crippen MR) is 66.4 cm³/mol. The lowest BCUT2D eigenvalue weighted by molar-refractivity contribution is -0.387. The molecule has 0 saturated heterocycles. The van der Waals surface area contributed by atoms with Crippen LogP contribution in [0.2, 0.25) is 0 Å². The van der Waals surface area contributed by atoms with E-state index in [9.17, 15) is 23.7 Å². The first kappa shape index (κ1) is 16.0. The summed E-state index contributed by atoms with van der Waals surface area (Å²) < 4.78 is 32.3. The van der Waals surface area contributed by atoms with Crippen LogP contribution in [0.15, 0.2) is 12.1 Å². The van der Waals surface area contributed by atoms with Crippen LogP contribution in [0, 0.1) is 21.7 Å². The van der Waals surface area contributed by atoms with Crippen molar-refractivity contribution in [2.24, 2.45) is 0 Å². The molecule has 1 aromatic carbocycles. The lowest BCUT2D eigenvalue weighted by Gasteiger charge is -2.14. The van der Waals surface area contributed by atoms with E-state index in [1.807, 2.05) is 0 Å². The molecule has 0 spiro atoms. The van der Waals surface area contributed by atoms with E-state index in [-0.39, 0.29) is 6.61 Å². The largest absolute Gasteiger partial charge is 0.380 e. The molecule has 0 bridgehead atoms. The number of hydrogen-bond donors (Lipinski definition) is 1. The highest BCUT2D eigenvalue weighted by Gasteiger charge is 2.26. The summed E-state index contributed by atoms with van der Waals surface area (Å²) in [5.41, 5.74) is -1.92. The van der Waals surface area contributed by atoms with Gasteiger partial charge >= 0.3 is 5.69 Å². The highest BCUT2D eigenvalue weighted by molar-refractivity contribution is 5.95. The van der Waals surface area contributed by atoms with Crippen LogP contribution in [-0.2, 0) is 4.74 Å². The van der Waals surface area contributed by atoms with E-state index in [1.165, 1.54) is 0 Å². The molecule has 0 aliphatic carbocycles. The fraction of sp³-hybridized carbons (Fsp3) is 0.417. The summed E-state index contributed by atoms with van der Waals surface area (Å²) >= 11 is 0. The summed E-state index contributed by atoms with van der Waals surface area (Å²) in [5.74, 6) is -3.71. The fourth-order valence-electron chi connectivity index (χ4n) is 1.52. The van der Waals surface area contributed by atoms with Crippen LogP contribution >= 0.6 is 0 Å². The smallest absolute Gasteiger partial charge is 0.305 e. The molecule has 0 fully saturated rings. The van der Waals surface area contributed by atoms with E-state index in [1.54, 1.807) is 13.8 Å². The first-order valence-electron chi connectivity index (χ1n) is 5.89. The van der Waals surface area contributed by atoms with Gasteiger partial charge < -0.3 is 10.1 Å². The molecule has 8 heteroatoms. The molecule has 1 aromatic rings. The van der Waals surface area contributed by atoms with Gasteiger partial charge in [0.25, 0.3) is 5.91 Å². The van der Waals surface area contributed by atoms with Crippen LogP contribution < -0.4 is 5.32 Å². The fourth-order valence-corrected chi connectivity index (χ4v) is 1.52. The lowest BCUT2D eigenvalue weighted by atomic mass is 10.1. The van der Waals surface area contributed by atoms with Crippen molar-refractivity contribution in [1.29, 1.82) is 0 Å². The molecule has 1 amide bonds. The third-order valence-electron chi connectivity index (χ3n) is 2.44. The number of nitrogens with one attached hydrogen (secondary N) is 1. The van der Waals surface area contributed by atoms with Crippen LogP contribution in [0.5, 0.6) is 0 Å². The molecule has 1 unspecified atom stereocenters. The Morgan fingerprint density at radius 3 is 2.70 bits per heavy atom. The van der Waals surface area contributed by atoms with Crippen molar-refractivity contribution in [1.82, 2.24) is 5.32 Å². The number of carbonyl (C=O) groups excluding carboxylic acids is 1. The minimum absolute atomic E-state index is 0.167. The third-order valence-corrected chi connectivity index (χ3v) is 2.44. The van der Waals surface area contributed by atoms with Gasteiger partial charge in [-0.05, 0) is 19.9 Å². The topological polar surface area (TPSA) is 81.5 Å². The number of nitro benzene ring substituents is 1. The van der Waals surface area contributed by atoms with E-state index in [2.05, 4.69) is 5.32 Å². The van der Waals surface area contributed by atoms with Gasteiger partial charge in [-0.2, -0.15) is 4.39 Å². The normalized spacial score (nSPS) is 12.0. The van der Waals surface area contributed by atoms with Crippen molar-refractivity contribution < 1.29 is 23.2 Å². The van der Waals surface area contributed by atoms with E-state index in [0.717, 1.165) is 0 Å². The van der Waals surface area contributed by atoms with Crippen LogP contribution in [0.25, 0.3) is 0 Å². The Balaban J connectivity index is 2.98. The number of carbonyl (C=O) groups is 1. The Morgan fingerprint density at radius 2 is 2.15 bits per heavy atom. The molecule has 110 valence electrons. The lowest BCUT2D eigenvalue weighted by Crippen LogP contribution is -2.37. The Bertz CT molecular complexity index is 522. The zero-order chi connectivity index (χ0) is 15.3. The van der Waals surface area contributed by atoms with Crippen molar-refractivity contribution in [2.45, 2.75) is 19.9 Å². The van der Waals surface area contributed by atoms with Crippen molar-refractivity contribution in [3.05, 3.63) is 39.4 Å².